The molecule has 1 unspecified atom stereocenters. The first-order chi connectivity index (χ1) is 12.6. The van der Waals surface area contributed by atoms with Crippen LogP contribution in [0.25, 0.3) is 10.9 Å². The largest absolute Gasteiger partial charge is 0.490 e. The van der Waals surface area contributed by atoms with Crippen molar-refractivity contribution in [1.29, 1.82) is 0 Å². The maximum Gasteiger partial charge on any atom is 0.258 e. The van der Waals surface area contributed by atoms with Gasteiger partial charge in [0.25, 0.3) is 5.56 Å². The number of fused-ring (bicyclic) bond motifs is 1. The van der Waals surface area contributed by atoms with Crippen molar-refractivity contribution < 1.29 is 9.64 Å². The number of H-pyrrole nitrogens is 1. The zero-order valence-corrected chi connectivity index (χ0v) is 15.2. The van der Waals surface area contributed by atoms with Crippen LogP contribution in [0.3, 0.4) is 0 Å². The van der Waals surface area contributed by atoms with Crippen molar-refractivity contribution in [3.8, 4) is 5.75 Å². The summed E-state index contributed by atoms with van der Waals surface area (Å²) in [5, 5.41) is 0.621. The van der Waals surface area contributed by atoms with Crippen LogP contribution in [0.15, 0.2) is 66.0 Å². The summed E-state index contributed by atoms with van der Waals surface area (Å²) in [6.07, 6.45) is 1.73. The van der Waals surface area contributed by atoms with Crippen molar-refractivity contribution in [2.75, 3.05) is 13.7 Å². The molecule has 26 heavy (non-hydrogen) atoms. The third kappa shape index (κ3) is 4.00. The van der Waals surface area contributed by atoms with Gasteiger partial charge in [0.15, 0.2) is 5.82 Å². The Hall–Kier alpha value is -2.92. The van der Waals surface area contributed by atoms with Crippen LogP contribution in [0.2, 0.25) is 0 Å². The normalized spacial score (nSPS) is 13.3. The van der Waals surface area contributed by atoms with Gasteiger partial charge >= 0.3 is 0 Å². The number of nitrogens with zero attached hydrogens (tertiary/aromatic N) is 1. The lowest BCUT2D eigenvalue weighted by atomic mass is 10.1. The highest BCUT2D eigenvalue weighted by Gasteiger charge is 2.19. The minimum atomic E-state index is -0.0889. The molecule has 3 rings (SSSR count). The molecule has 0 saturated carbocycles. The van der Waals surface area contributed by atoms with Crippen LogP contribution in [0, 0.1) is 0 Å². The maximum atomic E-state index is 12.3. The molecule has 0 spiro atoms. The van der Waals surface area contributed by atoms with Gasteiger partial charge in [-0.05, 0) is 43.3 Å². The minimum Gasteiger partial charge on any atom is -0.490 e. The molecular weight excluding hydrogens is 326 g/mol. The Morgan fingerprint density at radius 1 is 1.23 bits per heavy atom. The second kappa shape index (κ2) is 7.97. The Labute approximate surface area is 153 Å². The summed E-state index contributed by atoms with van der Waals surface area (Å²) in [5.41, 5.74) is 1.84. The van der Waals surface area contributed by atoms with E-state index >= 15 is 0 Å². The molecule has 0 aliphatic carbocycles. The van der Waals surface area contributed by atoms with Gasteiger partial charge in [-0.1, -0.05) is 24.8 Å². The second-order valence-corrected chi connectivity index (χ2v) is 6.46. The highest BCUT2D eigenvalue weighted by atomic mass is 16.5. The topological polar surface area (TPSA) is 59.4 Å². The van der Waals surface area contributed by atoms with Gasteiger partial charge in [-0.25, -0.2) is 4.98 Å². The number of hydrogen-bond acceptors (Lipinski definition) is 3. The molecule has 1 aromatic heterocycles. The van der Waals surface area contributed by atoms with Gasteiger partial charge in [0.05, 0.1) is 18.0 Å². The summed E-state index contributed by atoms with van der Waals surface area (Å²) in [6.45, 7) is 7.04. The Morgan fingerprint density at radius 2 is 1.96 bits per heavy atom. The zero-order chi connectivity index (χ0) is 18.5. The molecule has 3 aromatic rings. The van der Waals surface area contributed by atoms with Gasteiger partial charge < -0.3 is 14.6 Å². The number of aromatic amines is 1. The van der Waals surface area contributed by atoms with E-state index in [1.165, 1.54) is 10.5 Å². The molecule has 0 radical (unpaired) electrons. The highest BCUT2D eigenvalue weighted by Crippen LogP contribution is 2.13. The number of benzene rings is 2. The molecule has 134 valence electrons. The number of rotatable bonds is 7. The molecule has 1 heterocycles. The van der Waals surface area contributed by atoms with E-state index in [0.717, 1.165) is 17.8 Å². The van der Waals surface area contributed by atoms with Crippen LogP contribution in [-0.4, -0.2) is 23.6 Å². The van der Waals surface area contributed by atoms with Gasteiger partial charge in [-0.3, -0.25) is 4.79 Å². The molecule has 0 saturated heterocycles. The van der Waals surface area contributed by atoms with Gasteiger partial charge in [0.2, 0.25) is 0 Å². The van der Waals surface area contributed by atoms with Crippen LogP contribution < -0.4 is 15.2 Å². The highest BCUT2D eigenvalue weighted by molar-refractivity contribution is 5.77. The van der Waals surface area contributed by atoms with E-state index in [1.807, 2.05) is 30.3 Å². The smallest absolute Gasteiger partial charge is 0.258 e. The fourth-order valence-corrected chi connectivity index (χ4v) is 2.88. The Bertz CT molecular complexity index is 947. The van der Waals surface area contributed by atoms with Gasteiger partial charge in [-0.15, -0.1) is 0 Å². The molecule has 5 nitrogen and oxygen atoms in total. The SMILES string of the molecule is C=CCOc1ccc(C[NH+](C)[C@H](C)c2nc3ccccc3c(=O)[nH]2)cc1. The van der Waals surface area contributed by atoms with Crippen molar-refractivity contribution in [3.05, 3.63) is 82.9 Å². The summed E-state index contributed by atoms with van der Waals surface area (Å²) in [6, 6.07) is 15.5. The Balaban J connectivity index is 1.74. The van der Waals surface area contributed by atoms with Crippen LogP contribution >= 0.6 is 0 Å². The fourth-order valence-electron chi connectivity index (χ4n) is 2.88. The molecule has 0 aliphatic rings. The van der Waals surface area contributed by atoms with Crippen molar-refractivity contribution >= 4 is 10.9 Å². The number of hydrogen-bond donors (Lipinski definition) is 2. The minimum absolute atomic E-state index is 0.0593. The lowest BCUT2D eigenvalue weighted by molar-refractivity contribution is -0.924. The molecule has 2 N–H and O–H groups in total. The fraction of sp³-hybridized carbons (Fsp3) is 0.238. The molecular formula is C21H24N3O2+. The Morgan fingerprint density at radius 3 is 2.69 bits per heavy atom. The van der Waals surface area contributed by atoms with E-state index in [2.05, 4.69) is 42.7 Å². The van der Waals surface area contributed by atoms with Gasteiger partial charge in [0, 0.05) is 5.56 Å². The molecule has 0 bridgehead atoms. The third-order valence-electron chi connectivity index (χ3n) is 4.55. The number of nitrogens with one attached hydrogen (secondary N) is 2. The number of aromatic nitrogens is 2. The molecule has 0 aliphatic heterocycles. The zero-order valence-electron chi connectivity index (χ0n) is 15.2. The van der Waals surface area contributed by atoms with E-state index in [-0.39, 0.29) is 11.6 Å². The Kier molecular flexibility index (Phi) is 5.49. The van der Waals surface area contributed by atoms with Crippen molar-refractivity contribution in [1.82, 2.24) is 9.97 Å². The maximum absolute atomic E-state index is 12.3. The lowest BCUT2D eigenvalue weighted by Gasteiger charge is -2.21. The van der Waals surface area contributed by atoms with E-state index in [9.17, 15) is 4.79 Å². The van der Waals surface area contributed by atoms with E-state index < -0.39 is 0 Å². The standard InChI is InChI=1S/C21H23N3O2/c1-4-13-26-17-11-9-16(10-12-17)14-24(3)15(2)20-22-19-8-6-5-7-18(19)21(25)23-20/h4-12,15H,1,13-14H2,2-3H3,(H,22,23,25)/p+1/t15-/m1/s1. The monoisotopic (exact) mass is 350 g/mol. The average molecular weight is 350 g/mol. The first kappa shape index (κ1) is 17.9. The number of quaternary nitrogens is 1. The van der Waals surface area contributed by atoms with E-state index in [0.29, 0.717) is 17.8 Å². The predicted octanol–water partition coefficient (Wildman–Crippen LogP) is 2.26. The number of ether oxygens (including phenoxy) is 1. The summed E-state index contributed by atoms with van der Waals surface area (Å²) < 4.78 is 5.51. The third-order valence-corrected chi connectivity index (χ3v) is 4.55. The first-order valence-electron chi connectivity index (χ1n) is 8.72. The molecule has 0 amide bonds. The van der Waals surface area contributed by atoms with Gasteiger partial charge in [0.1, 0.15) is 24.9 Å². The van der Waals surface area contributed by atoms with E-state index in [4.69, 9.17) is 4.74 Å². The summed E-state index contributed by atoms with van der Waals surface area (Å²) in [5.74, 6) is 1.54. The molecule has 2 aromatic carbocycles. The van der Waals surface area contributed by atoms with Crippen LogP contribution in [0.5, 0.6) is 5.75 Å². The molecule has 0 fully saturated rings. The van der Waals surface area contributed by atoms with Crippen LogP contribution in [0.4, 0.5) is 0 Å². The lowest BCUT2D eigenvalue weighted by Crippen LogP contribution is -3.07. The van der Waals surface area contributed by atoms with E-state index in [1.54, 1.807) is 12.1 Å². The van der Waals surface area contributed by atoms with Crippen molar-refractivity contribution in [3.63, 3.8) is 0 Å². The number of para-hydroxylation sites is 1. The average Bonchev–Trinajstić information content (AvgIpc) is 2.66. The van der Waals surface area contributed by atoms with Crippen LogP contribution in [-0.2, 0) is 6.54 Å². The van der Waals surface area contributed by atoms with Crippen LogP contribution in [0.1, 0.15) is 24.4 Å². The second-order valence-electron chi connectivity index (χ2n) is 6.46. The van der Waals surface area contributed by atoms with Gasteiger partial charge in [-0.2, -0.15) is 0 Å². The quantitative estimate of drug-likeness (QED) is 0.643. The summed E-state index contributed by atoms with van der Waals surface area (Å²) in [4.78, 5) is 21.1. The first-order valence-corrected chi connectivity index (χ1v) is 8.72. The molecule has 2 atom stereocenters. The predicted molar refractivity (Wildman–Crippen MR) is 104 cm³/mol. The van der Waals surface area contributed by atoms with Crippen molar-refractivity contribution in [2.45, 2.75) is 19.5 Å². The summed E-state index contributed by atoms with van der Waals surface area (Å²) in [7, 11) is 2.10. The molecule has 5 heteroatoms. The van der Waals surface area contributed by atoms with Crippen molar-refractivity contribution in [2.24, 2.45) is 0 Å². The summed E-state index contributed by atoms with van der Waals surface area (Å²) >= 11 is 0.